The largest absolute Gasteiger partial charge is 0.508 e. The van der Waals surface area contributed by atoms with Crippen molar-refractivity contribution >= 4 is 17.7 Å². The van der Waals surface area contributed by atoms with Gasteiger partial charge in [0.2, 0.25) is 0 Å². The Kier molecular flexibility index (Phi) is 6.55. The molecule has 6 nitrogen and oxygen atoms in total. The van der Waals surface area contributed by atoms with Crippen LogP contribution in [-0.2, 0) is 19.8 Å². The molecule has 3 saturated carbocycles. The smallest absolute Gasteiger partial charge is 0.336 e. The molecule has 2 N–H and O–H groups in total. The van der Waals surface area contributed by atoms with Crippen LogP contribution in [0.4, 0.5) is 0 Å². The van der Waals surface area contributed by atoms with Crippen LogP contribution in [0.2, 0.25) is 0 Å². The first-order valence-electron chi connectivity index (χ1n) is 11.4. The normalized spacial score (nSPS) is 24.3. The third-order valence-corrected chi connectivity index (χ3v) is 7.64. The van der Waals surface area contributed by atoms with Crippen molar-refractivity contribution in [2.45, 2.75) is 78.1 Å². The van der Waals surface area contributed by atoms with E-state index in [2.05, 4.69) is 34.6 Å². The maximum atomic E-state index is 12.7. The van der Waals surface area contributed by atoms with Gasteiger partial charge in [0.25, 0.3) is 0 Å². The number of aliphatic carboxylic acids is 1. The van der Waals surface area contributed by atoms with E-state index in [1.807, 2.05) is 0 Å². The van der Waals surface area contributed by atoms with Crippen molar-refractivity contribution in [3.63, 3.8) is 0 Å². The highest BCUT2D eigenvalue weighted by molar-refractivity contribution is 5.92. The van der Waals surface area contributed by atoms with E-state index in [0.29, 0.717) is 12.0 Å². The van der Waals surface area contributed by atoms with E-state index >= 15 is 0 Å². The number of esters is 1. The molecule has 0 aliphatic heterocycles. The Hall–Kier alpha value is -2.63. The number of rotatable bonds is 8. The number of fused-ring (bicyclic) bond motifs is 2. The Labute approximate surface area is 189 Å². The number of phenolic OH excluding ortho intramolecular Hbond substituents is 1. The fourth-order valence-electron chi connectivity index (χ4n) is 5.50. The van der Waals surface area contributed by atoms with E-state index in [-0.39, 0.29) is 45.9 Å². The SMILES string of the molecule is CCCCC(C)(C)c1cc(O)c([C@H]2CC(=O)C3CC2C3(C)C)c(OC(=O)C=CC(=O)O)c1. The molecule has 0 spiro atoms. The van der Waals surface area contributed by atoms with Crippen LogP contribution in [0.15, 0.2) is 24.3 Å². The number of phenols is 1. The maximum absolute atomic E-state index is 12.7. The highest BCUT2D eigenvalue weighted by Gasteiger charge is 2.59. The van der Waals surface area contributed by atoms with Crippen LogP contribution >= 0.6 is 0 Å². The minimum absolute atomic E-state index is 0.0241. The van der Waals surface area contributed by atoms with Crippen LogP contribution in [0.3, 0.4) is 0 Å². The van der Waals surface area contributed by atoms with Gasteiger partial charge in [-0.2, -0.15) is 0 Å². The number of benzene rings is 1. The summed E-state index contributed by atoms with van der Waals surface area (Å²) in [5, 5.41) is 19.9. The molecule has 0 heterocycles. The van der Waals surface area contributed by atoms with Crippen LogP contribution < -0.4 is 4.74 Å². The topological polar surface area (TPSA) is 101 Å². The van der Waals surface area contributed by atoms with Gasteiger partial charge in [-0.05, 0) is 47.3 Å². The molecule has 174 valence electrons. The predicted molar refractivity (Wildman–Crippen MR) is 121 cm³/mol. The summed E-state index contributed by atoms with van der Waals surface area (Å²) in [6.45, 7) is 10.4. The third kappa shape index (κ3) is 4.45. The van der Waals surface area contributed by atoms with Gasteiger partial charge < -0.3 is 14.9 Å². The molecule has 32 heavy (non-hydrogen) atoms. The van der Waals surface area contributed by atoms with Crippen LogP contribution in [0, 0.1) is 17.3 Å². The lowest BCUT2D eigenvalue weighted by molar-refractivity contribution is -0.151. The first-order chi connectivity index (χ1) is 14.9. The van der Waals surface area contributed by atoms with Crippen LogP contribution in [-0.4, -0.2) is 27.9 Å². The Morgan fingerprint density at radius 1 is 1.25 bits per heavy atom. The Morgan fingerprint density at radius 2 is 1.94 bits per heavy atom. The number of carboxylic acid groups (broad SMARTS) is 1. The van der Waals surface area contributed by atoms with E-state index in [4.69, 9.17) is 9.84 Å². The van der Waals surface area contributed by atoms with Gasteiger partial charge in [-0.1, -0.05) is 47.5 Å². The van der Waals surface area contributed by atoms with Crippen molar-refractivity contribution in [2.24, 2.45) is 17.3 Å². The van der Waals surface area contributed by atoms with E-state index < -0.39 is 11.9 Å². The van der Waals surface area contributed by atoms with Crippen LogP contribution in [0.25, 0.3) is 0 Å². The molecule has 2 unspecified atom stereocenters. The molecule has 3 aliphatic carbocycles. The first-order valence-corrected chi connectivity index (χ1v) is 11.4. The summed E-state index contributed by atoms with van der Waals surface area (Å²) in [4.78, 5) is 35.9. The van der Waals surface area contributed by atoms with Gasteiger partial charge in [0, 0.05) is 36.0 Å². The summed E-state index contributed by atoms with van der Waals surface area (Å²) in [7, 11) is 0. The first kappa shape index (κ1) is 24.0. The number of unbranched alkanes of at least 4 members (excludes halogenated alkanes) is 1. The van der Waals surface area contributed by atoms with Crippen molar-refractivity contribution in [3.05, 3.63) is 35.4 Å². The number of ether oxygens (including phenoxy) is 1. The number of aromatic hydroxyl groups is 1. The van der Waals surface area contributed by atoms with Crippen molar-refractivity contribution in [1.29, 1.82) is 0 Å². The van der Waals surface area contributed by atoms with E-state index in [0.717, 1.165) is 43.4 Å². The number of carbonyl (C=O) groups is 3. The van der Waals surface area contributed by atoms with Gasteiger partial charge in [0.05, 0.1) is 0 Å². The maximum Gasteiger partial charge on any atom is 0.336 e. The van der Waals surface area contributed by atoms with Gasteiger partial charge in [0.15, 0.2) is 0 Å². The Morgan fingerprint density at radius 3 is 2.50 bits per heavy atom. The molecule has 3 atom stereocenters. The second kappa shape index (κ2) is 8.72. The molecule has 0 radical (unpaired) electrons. The molecule has 3 aliphatic rings. The molecule has 3 fully saturated rings. The second-order valence-corrected chi connectivity index (χ2v) is 10.5. The lowest BCUT2D eigenvalue weighted by Crippen LogP contribution is -2.56. The molecule has 2 bridgehead atoms. The second-order valence-electron chi connectivity index (χ2n) is 10.5. The summed E-state index contributed by atoms with van der Waals surface area (Å²) < 4.78 is 5.58. The van der Waals surface area contributed by atoms with Crippen molar-refractivity contribution in [1.82, 2.24) is 0 Å². The summed E-state index contributed by atoms with van der Waals surface area (Å²) in [5.74, 6) is -1.67. The fraction of sp³-hybridized carbons (Fsp3) is 0.577. The van der Waals surface area contributed by atoms with Crippen LogP contribution in [0.5, 0.6) is 11.5 Å². The molecule has 4 rings (SSSR count). The zero-order valence-corrected chi connectivity index (χ0v) is 19.6. The monoisotopic (exact) mass is 442 g/mol. The highest BCUT2D eigenvalue weighted by Crippen LogP contribution is 2.64. The number of Topliss-reactive ketones (excluding diaryl/α,β-unsaturated/α-hetero) is 1. The summed E-state index contributed by atoms with van der Waals surface area (Å²) in [5.41, 5.74) is 0.885. The molecule has 0 aromatic heterocycles. The van der Waals surface area contributed by atoms with Crippen molar-refractivity contribution in [3.8, 4) is 11.5 Å². The number of ketones is 1. The van der Waals surface area contributed by atoms with Crippen LogP contribution in [0.1, 0.15) is 83.8 Å². The lowest BCUT2D eigenvalue weighted by Gasteiger charge is -2.59. The Bertz CT molecular complexity index is 955. The zero-order valence-electron chi connectivity index (χ0n) is 19.6. The minimum atomic E-state index is -1.25. The summed E-state index contributed by atoms with van der Waals surface area (Å²) in [6.07, 6.45) is 5.60. The number of carbonyl (C=O) groups excluding carboxylic acids is 2. The highest BCUT2D eigenvalue weighted by atomic mass is 16.5. The lowest BCUT2D eigenvalue weighted by atomic mass is 9.44. The average Bonchev–Trinajstić information content (AvgIpc) is 2.69. The molecule has 1 aromatic rings. The quantitative estimate of drug-likeness (QED) is 0.329. The Balaban J connectivity index is 2.06. The van der Waals surface area contributed by atoms with Gasteiger partial charge in [-0.25, -0.2) is 9.59 Å². The van der Waals surface area contributed by atoms with E-state index in [1.165, 1.54) is 0 Å². The number of hydrogen-bond donors (Lipinski definition) is 2. The molecular weight excluding hydrogens is 408 g/mol. The molecular formula is C26H34O6. The standard InChI is InChI=1S/C26H34O6/c1-6-7-10-25(2,3)15-11-20(28)24(21(12-15)32-23(31)9-8-22(29)30)16-13-19(27)18-14-17(16)26(18,4)5/h8-9,11-12,16-18,28H,6-7,10,13-14H2,1-5H3,(H,29,30)/t16-,17?,18?/m0/s1. The summed E-state index contributed by atoms with van der Waals surface area (Å²) in [6, 6.07) is 3.51. The summed E-state index contributed by atoms with van der Waals surface area (Å²) >= 11 is 0. The molecule has 0 saturated heterocycles. The van der Waals surface area contributed by atoms with E-state index in [1.54, 1.807) is 12.1 Å². The number of hydrogen-bond acceptors (Lipinski definition) is 5. The number of carboxylic acids is 1. The zero-order chi connectivity index (χ0) is 23.8. The fourth-order valence-corrected chi connectivity index (χ4v) is 5.50. The van der Waals surface area contributed by atoms with Crippen molar-refractivity contribution in [2.75, 3.05) is 0 Å². The van der Waals surface area contributed by atoms with Gasteiger partial charge in [0.1, 0.15) is 17.3 Å². The molecule has 0 amide bonds. The van der Waals surface area contributed by atoms with Gasteiger partial charge in [-0.3, -0.25) is 4.79 Å². The molecule has 1 aromatic carbocycles. The molecule has 6 heteroatoms. The average molecular weight is 443 g/mol. The van der Waals surface area contributed by atoms with Gasteiger partial charge in [-0.15, -0.1) is 0 Å². The van der Waals surface area contributed by atoms with Gasteiger partial charge >= 0.3 is 11.9 Å². The van der Waals surface area contributed by atoms with E-state index in [9.17, 15) is 19.5 Å². The minimum Gasteiger partial charge on any atom is -0.508 e. The van der Waals surface area contributed by atoms with Crippen molar-refractivity contribution < 1.29 is 29.3 Å². The third-order valence-electron chi connectivity index (χ3n) is 7.64. The predicted octanol–water partition coefficient (Wildman–Crippen LogP) is 5.12.